The third-order valence-corrected chi connectivity index (χ3v) is 3.71. The molecule has 0 aliphatic carbocycles. The predicted molar refractivity (Wildman–Crippen MR) is 66.4 cm³/mol. The maximum atomic E-state index is 12.2. The van der Waals surface area contributed by atoms with Crippen molar-refractivity contribution in [1.82, 2.24) is 4.90 Å². The highest BCUT2D eigenvalue weighted by Gasteiger charge is 2.57. The largest absolute Gasteiger partial charge is 0.469 e. The summed E-state index contributed by atoms with van der Waals surface area (Å²) in [6.07, 6.45) is -0.203. The van der Waals surface area contributed by atoms with Gasteiger partial charge >= 0.3 is 12.1 Å². The molecule has 108 valence electrons. The first-order chi connectivity index (χ1) is 8.74. The summed E-state index contributed by atoms with van der Waals surface area (Å²) in [6.45, 7) is 5.37. The summed E-state index contributed by atoms with van der Waals surface area (Å²) in [6, 6.07) is -0.661. The number of carbonyl (C=O) groups is 2. The van der Waals surface area contributed by atoms with Crippen molar-refractivity contribution in [2.24, 2.45) is 5.92 Å². The first-order valence-corrected chi connectivity index (χ1v) is 6.52. The number of fused-ring (bicyclic) bond motifs is 2. The van der Waals surface area contributed by atoms with Gasteiger partial charge in [-0.05, 0) is 33.6 Å². The van der Waals surface area contributed by atoms with Gasteiger partial charge in [-0.3, -0.25) is 9.69 Å². The molecule has 2 bridgehead atoms. The van der Waals surface area contributed by atoms with E-state index in [2.05, 4.69) is 0 Å². The third-order valence-electron chi connectivity index (χ3n) is 3.71. The molecule has 1 amide bonds. The molecule has 19 heavy (non-hydrogen) atoms. The van der Waals surface area contributed by atoms with Crippen molar-refractivity contribution < 1.29 is 24.2 Å². The van der Waals surface area contributed by atoms with Crippen LogP contribution in [-0.4, -0.2) is 53.0 Å². The third kappa shape index (κ3) is 2.54. The molecule has 6 nitrogen and oxygen atoms in total. The summed E-state index contributed by atoms with van der Waals surface area (Å²) >= 11 is 0. The zero-order chi connectivity index (χ0) is 14.4. The second kappa shape index (κ2) is 4.67. The number of rotatable bonds is 1. The molecule has 2 aliphatic heterocycles. The SMILES string of the molecule is COC(=O)[C@@H]1C[C@H]2[C@@H](O)C[C@@H]1N2C(=O)OC(C)(C)C. The quantitative estimate of drug-likeness (QED) is 0.718. The van der Waals surface area contributed by atoms with E-state index in [1.54, 1.807) is 20.8 Å². The average molecular weight is 271 g/mol. The van der Waals surface area contributed by atoms with Gasteiger partial charge in [0.05, 0.1) is 31.2 Å². The van der Waals surface area contributed by atoms with E-state index in [1.807, 2.05) is 0 Å². The first kappa shape index (κ1) is 14.1. The number of carbonyl (C=O) groups excluding carboxylic acids is 2. The fourth-order valence-electron chi connectivity index (χ4n) is 2.99. The monoisotopic (exact) mass is 271 g/mol. The van der Waals surface area contributed by atoms with E-state index >= 15 is 0 Å². The molecule has 0 aromatic carbocycles. The summed E-state index contributed by atoms with van der Waals surface area (Å²) in [5, 5.41) is 9.91. The summed E-state index contributed by atoms with van der Waals surface area (Å²) in [4.78, 5) is 25.4. The lowest BCUT2D eigenvalue weighted by molar-refractivity contribution is -0.146. The molecule has 0 aromatic rings. The Labute approximate surface area is 112 Å². The van der Waals surface area contributed by atoms with Crippen LogP contribution in [0.25, 0.3) is 0 Å². The molecule has 2 fully saturated rings. The number of aliphatic hydroxyl groups excluding tert-OH is 1. The molecule has 2 heterocycles. The molecular weight excluding hydrogens is 250 g/mol. The predicted octanol–water partition coefficient (Wildman–Crippen LogP) is 0.918. The molecule has 4 atom stereocenters. The maximum absolute atomic E-state index is 12.2. The zero-order valence-corrected chi connectivity index (χ0v) is 11.8. The molecule has 2 saturated heterocycles. The lowest BCUT2D eigenvalue weighted by Gasteiger charge is -2.27. The van der Waals surface area contributed by atoms with Crippen LogP contribution in [0.3, 0.4) is 0 Å². The molecule has 0 radical (unpaired) electrons. The van der Waals surface area contributed by atoms with Crippen LogP contribution < -0.4 is 0 Å². The minimum absolute atomic E-state index is 0.317. The lowest BCUT2D eigenvalue weighted by Crippen LogP contribution is -2.42. The van der Waals surface area contributed by atoms with Gasteiger partial charge in [-0.2, -0.15) is 0 Å². The fraction of sp³-hybridized carbons (Fsp3) is 0.846. The molecule has 2 aliphatic rings. The maximum Gasteiger partial charge on any atom is 0.410 e. The number of hydrogen-bond donors (Lipinski definition) is 1. The minimum atomic E-state index is -0.592. The Morgan fingerprint density at radius 1 is 1.21 bits per heavy atom. The average Bonchev–Trinajstić information content (AvgIpc) is 2.79. The highest BCUT2D eigenvalue weighted by molar-refractivity contribution is 5.77. The van der Waals surface area contributed by atoms with Gasteiger partial charge in [0.1, 0.15) is 5.60 Å². The summed E-state index contributed by atoms with van der Waals surface area (Å²) in [5.74, 6) is -0.682. The number of esters is 1. The number of methoxy groups -OCH3 is 1. The Hall–Kier alpha value is -1.30. The van der Waals surface area contributed by atoms with Gasteiger partial charge in [0, 0.05) is 0 Å². The van der Waals surface area contributed by atoms with Gasteiger partial charge in [0.25, 0.3) is 0 Å². The molecular formula is C13H21NO5. The Bertz CT molecular complexity index is 389. The number of hydrogen-bond acceptors (Lipinski definition) is 5. The number of nitrogens with zero attached hydrogens (tertiary/aromatic N) is 1. The van der Waals surface area contributed by atoms with Crippen LogP contribution in [0.2, 0.25) is 0 Å². The number of amides is 1. The first-order valence-electron chi connectivity index (χ1n) is 6.52. The van der Waals surface area contributed by atoms with Gasteiger partial charge in [0.2, 0.25) is 0 Å². The molecule has 0 unspecified atom stereocenters. The van der Waals surface area contributed by atoms with Gasteiger partial charge < -0.3 is 14.6 Å². The summed E-state index contributed by atoms with van der Waals surface area (Å²) < 4.78 is 10.1. The van der Waals surface area contributed by atoms with Crippen molar-refractivity contribution in [3.05, 3.63) is 0 Å². The van der Waals surface area contributed by atoms with E-state index < -0.39 is 17.8 Å². The van der Waals surface area contributed by atoms with Crippen molar-refractivity contribution >= 4 is 12.1 Å². The van der Waals surface area contributed by atoms with Crippen molar-refractivity contribution in [3.63, 3.8) is 0 Å². The Kier molecular flexibility index (Phi) is 3.47. The van der Waals surface area contributed by atoms with Crippen LogP contribution in [0.5, 0.6) is 0 Å². The second-order valence-electron chi connectivity index (χ2n) is 6.19. The Morgan fingerprint density at radius 3 is 2.37 bits per heavy atom. The van der Waals surface area contributed by atoms with Gasteiger partial charge in [-0.1, -0.05) is 0 Å². The molecule has 6 heteroatoms. The lowest BCUT2D eigenvalue weighted by atomic mass is 9.87. The van der Waals surface area contributed by atoms with Crippen molar-refractivity contribution in [3.8, 4) is 0 Å². The van der Waals surface area contributed by atoms with Gasteiger partial charge in [0.15, 0.2) is 0 Å². The van der Waals surface area contributed by atoms with E-state index in [-0.39, 0.29) is 24.0 Å². The second-order valence-corrected chi connectivity index (χ2v) is 6.19. The Morgan fingerprint density at radius 2 is 1.84 bits per heavy atom. The molecule has 0 aromatic heterocycles. The highest BCUT2D eigenvalue weighted by Crippen LogP contribution is 2.43. The van der Waals surface area contributed by atoms with Crippen LogP contribution in [0.4, 0.5) is 4.79 Å². The summed E-state index contributed by atoms with van der Waals surface area (Å²) in [7, 11) is 1.34. The van der Waals surface area contributed by atoms with E-state index in [0.29, 0.717) is 12.8 Å². The van der Waals surface area contributed by atoms with Gasteiger partial charge in [-0.15, -0.1) is 0 Å². The van der Waals surface area contributed by atoms with E-state index in [0.717, 1.165) is 0 Å². The summed E-state index contributed by atoms with van der Waals surface area (Å²) in [5.41, 5.74) is -0.592. The van der Waals surface area contributed by atoms with E-state index in [9.17, 15) is 14.7 Å². The minimum Gasteiger partial charge on any atom is -0.469 e. The number of ether oxygens (including phenoxy) is 2. The van der Waals surface area contributed by atoms with E-state index in [1.165, 1.54) is 12.0 Å². The Balaban J connectivity index is 2.14. The molecule has 1 N–H and O–H groups in total. The smallest absolute Gasteiger partial charge is 0.410 e. The van der Waals surface area contributed by atoms with Crippen molar-refractivity contribution in [1.29, 1.82) is 0 Å². The van der Waals surface area contributed by atoms with Gasteiger partial charge in [-0.25, -0.2) is 4.79 Å². The standard InChI is InChI=1S/C13H21NO5/c1-13(2,3)19-12(17)14-8-6-10(15)9(14)5-7(8)11(16)18-4/h7-10,15H,5-6H2,1-4H3/t7-,8+,9+,10+/m1/s1. The van der Waals surface area contributed by atoms with Crippen LogP contribution in [-0.2, 0) is 14.3 Å². The van der Waals surface area contributed by atoms with Crippen molar-refractivity contribution in [2.75, 3.05) is 7.11 Å². The van der Waals surface area contributed by atoms with Crippen LogP contribution in [0, 0.1) is 5.92 Å². The number of aliphatic hydroxyl groups is 1. The topological polar surface area (TPSA) is 76.1 Å². The van der Waals surface area contributed by atoms with Crippen LogP contribution in [0.15, 0.2) is 0 Å². The molecule has 2 rings (SSSR count). The zero-order valence-electron chi connectivity index (χ0n) is 11.8. The molecule has 0 spiro atoms. The normalized spacial score (nSPS) is 33.4. The fourth-order valence-corrected chi connectivity index (χ4v) is 2.99. The highest BCUT2D eigenvalue weighted by atomic mass is 16.6. The van der Waals surface area contributed by atoms with Crippen LogP contribution >= 0.6 is 0 Å². The van der Waals surface area contributed by atoms with Crippen molar-refractivity contribution in [2.45, 2.75) is 57.4 Å². The molecule has 0 saturated carbocycles. The van der Waals surface area contributed by atoms with E-state index in [4.69, 9.17) is 9.47 Å². The van der Waals surface area contributed by atoms with Crippen LogP contribution in [0.1, 0.15) is 33.6 Å².